The van der Waals surface area contributed by atoms with Crippen LogP contribution in [0.25, 0.3) is 0 Å². The molecule has 0 unspecified atom stereocenters. The normalized spacial score (nSPS) is 6.67. The van der Waals surface area contributed by atoms with Gasteiger partial charge in [-0.15, -0.1) is 0 Å². The third-order valence-corrected chi connectivity index (χ3v) is 1.13. The fourth-order valence-electron chi connectivity index (χ4n) is 0.645. The summed E-state index contributed by atoms with van der Waals surface area (Å²) in [5.74, 6) is 0. The molecule has 0 fully saturated rings. The van der Waals surface area contributed by atoms with Crippen molar-refractivity contribution in [1.82, 2.24) is 0 Å². The molecule has 0 bridgehead atoms. The summed E-state index contributed by atoms with van der Waals surface area (Å²) >= 11 is -2.00. The van der Waals surface area contributed by atoms with Crippen LogP contribution in [-0.2, 0) is 32.2 Å². The van der Waals surface area contributed by atoms with Crippen molar-refractivity contribution < 1.29 is 38.1 Å². The second-order valence-electron chi connectivity index (χ2n) is 1.82. The molecule has 0 aromatic heterocycles. The molecule has 1 rings (SSSR count). The van der Waals surface area contributed by atoms with Gasteiger partial charge in [0.2, 0.25) is 0 Å². The van der Waals surface area contributed by atoms with Crippen molar-refractivity contribution in [3.05, 3.63) is 42.8 Å². The van der Waals surface area contributed by atoms with E-state index in [0.29, 0.717) is 0 Å². The van der Waals surface area contributed by atoms with Gasteiger partial charge in [0.05, 0.1) is 6.92 Å². The van der Waals surface area contributed by atoms with Crippen LogP contribution in [0.4, 0.5) is 0 Å². The predicted molar refractivity (Wildman–Crippen MR) is 36.9 cm³/mol. The molecule has 1 aromatic rings. The van der Waals surface area contributed by atoms with Gasteiger partial charge < -0.3 is 12.4 Å². The first-order valence-electron chi connectivity index (χ1n) is 3.17. The molecule has 0 amide bonds. The van der Waals surface area contributed by atoms with E-state index < -0.39 is 19.1 Å². The zero-order valence-electron chi connectivity index (χ0n) is 6.50. The summed E-state index contributed by atoms with van der Waals surface area (Å²) in [6, 6.07) is 10.2. The summed E-state index contributed by atoms with van der Waals surface area (Å²) in [6.07, 6.45) is 0.890. The van der Waals surface area contributed by atoms with Crippen molar-refractivity contribution in [3.63, 3.8) is 0 Å². The molecule has 0 spiro atoms. The third kappa shape index (κ3) is 7.80. The number of hydrogen-bond donors (Lipinski definition) is 0. The molecule has 0 saturated heterocycles. The van der Waals surface area contributed by atoms with E-state index in [1.165, 1.54) is 5.56 Å². The molecule has 0 N–H and O–H groups in total. The molecular weight excluding hydrogens is 211 g/mol. The van der Waals surface area contributed by atoms with Crippen LogP contribution in [0, 0.1) is 6.92 Å². The second kappa shape index (κ2) is 10.7. The van der Waals surface area contributed by atoms with E-state index in [0.717, 1.165) is 6.42 Å². The van der Waals surface area contributed by atoms with E-state index in [1.807, 2.05) is 18.2 Å². The van der Waals surface area contributed by atoms with Gasteiger partial charge in [-0.25, -0.2) is 0 Å². The molecule has 0 radical (unpaired) electrons. The quantitative estimate of drug-likeness (QED) is 0.441. The van der Waals surface area contributed by atoms with Gasteiger partial charge in [-0.05, 0) is 5.56 Å². The molecule has 0 aliphatic heterocycles. The Morgan fingerprint density at radius 1 is 1.17 bits per heavy atom. The molecule has 12 heavy (non-hydrogen) atoms. The monoisotopic (exact) mass is 220 g/mol. The average molecular weight is 220 g/mol. The van der Waals surface area contributed by atoms with Crippen LogP contribution < -0.4 is 12.4 Å². The Hall–Kier alpha value is -0.306. The Morgan fingerprint density at radius 2 is 1.58 bits per heavy atom. The molecule has 0 heterocycles. The standard InChI is InChI=1S/C8H9.ClH.2O.Ti/c1-2-8-6-4-3-5-7-8;;;;/h3-7H,1-2H2;1H;;;/q+1;;;;/p-1. The van der Waals surface area contributed by atoms with Crippen molar-refractivity contribution in [1.29, 1.82) is 0 Å². The SMILES string of the molecule is [CH2+]Cc1ccccc1.[Cl-].[O]=[Ti]=[O]. The first-order chi connectivity index (χ1) is 5.35. The van der Waals surface area contributed by atoms with Gasteiger partial charge in [0, 0.05) is 0 Å². The summed E-state index contributed by atoms with van der Waals surface area (Å²) in [5.41, 5.74) is 1.30. The zero-order valence-corrected chi connectivity index (χ0v) is 8.81. The molecule has 0 aliphatic rings. The Labute approximate surface area is 87.4 Å². The van der Waals surface area contributed by atoms with E-state index in [9.17, 15) is 0 Å². The van der Waals surface area contributed by atoms with Gasteiger partial charge >= 0.3 is 25.7 Å². The predicted octanol–water partition coefficient (Wildman–Crippen LogP) is -1.17. The molecular formula is C8H9ClO2Ti. The van der Waals surface area contributed by atoms with E-state index >= 15 is 0 Å². The molecule has 0 saturated carbocycles. The van der Waals surface area contributed by atoms with Gasteiger partial charge in [-0.2, -0.15) is 0 Å². The molecule has 1 aromatic carbocycles. The topological polar surface area (TPSA) is 34.1 Å². The summed E-state index contributed by atoms with van der Waals surface area (Å²) in [7, 11) is 0. The summed E-state index contributed by atoms with van der Waals surface area (Å²) in [4.78, 5) is 0. The Morgan fingerprint density at radius 3 is 1.83 bits per heavy atom. The van der Waals surface area contributed by atoms with Gasteiger partial charge in [-0.1, -0.05) is 30.3 Å². The third-order valence-electron chi connectivity index (χ3n) is 1.13. The fraction of sp³-hybridized carbons (Fsp3) is 0.125. The summed E-state index contributed by atoms with van der Waals surface area (Å²) in [5, 5.41) is 0. The van der Waals surface area contributed by atoms with Crippen LogP contribution in [0.3, 0.4) is 0 Å². The van der Waals surface area contributed by atoms with Crippen molar-refractivity contribution in [3.8, 4) is 0 Å². The first kappa shape index (κ1) is 14.2. The molecule has 64 valence electrons. The first-order valence-corrected chi connectivity index (χ1v) is 4.45. The number of benzene rings is 1. The number of hydrogen-bond acceptors (Lipinski definition) is 2. The summed E-state index contributed by atoms with van der Waals surface area (Å²) in [6.45, 7) is 3.76. The number of rotatable bonds is 1. The molecule has 4 heteroatoms. The number of halogens is 1. The fourth-order valence-corrected chi connectivity index (χ4v) is 0.645. The average Bonchev–Trinajstić information content (AvgIpc) is 2.08. The van der Waals surface area contributed by atoms with Gasteiger partial charge in [-0.3, -0.25) is 0 Å². The van der Waals surface area contributed by atoms with Gasteiger partial charge in [0.1, 0.15) is 6.42 Å². The Balaban J connectivity index is 0. The van der Waals surface area contributed by atoms with Gasteiger partial charge in [0.25, 0.3) is 0 Å². The van der Waals surface area contributed by atoms with Crippen LogP contribution in [-0.4, -0.2) is 0 Å². The Kier molecular flexibility index (Phi) is 12.7. The van der Waals surface area contributed by atoms with E-state index in [4.69, 9.17) is 6.65 Å². The van der Waals surface area contributed by atoms with Crippen molar-refractivity contribution >= 4 is 0 Å². The zero-order chi connectivity index (χ0) is 8.53. The second-order valence-corrected chi connectivity index (χ2v) is 2.08. The van der Waals surface area contributed by atoms with Crippen LogP contribution in [0.5, 0.6) is 0 Å². The van der Waals surface area contributed by atoms with Crippen LogP contribution >= 0.6 is 0 Å². The van der Waals surface area contributed by atoms with Crippen molar-refractivity contribution in [2.45, 2.75) is 6.42 Å². The maximum atomic E-state index is 8.50. The van der Waals surface area contributed by atoms with Crippen molar-refractivity contribution in [2.75, 3.05) is 0 Å². The molecule has 0 atom stereocenters. The van der Waals surface area contributed by atoms with Gasteiger partial charge in [0.15, 0.2) is 0 Å². The van der Waals surface area contributed by atoms with Crippen LogP contribution in [0.2, 0.25) is 0 Å². The van der Waals surface area contributed by atoms with Crippen molar-refractivity contribution in [2.24, 2.45) is 0 Å². The molecule has 0 aliphatic carbocycles. The Bertz CT molecular complexity index is 220. The van der Waals surface area contributed by atoms with E-state index in [1.54, 1.807) is 0 Å². The summed E-state index contributed by atoms with van der Waals surface area (Å²) < 4.78 is 17.0. The minimum atomic E-state index is -2.00. The van der Waals surface area contributed by atoms with E-state index in [2.05, 4.69) is 19.1 Å². The minimum absolute atomic E-state index is 0. The van der Waals surface area contributed by atoms with E-state index in [-0.39, 0.29) is 12.4 Å². The van der Waals surface area contributed by atoms with Crippen LogP contribution in [0.15, 0.2) is 30.3 Å². The molecule has 2 nitrogen and oxygen atoms in total. The van der Waals surface area contributed by atoms with Crippen LogP contribution in [0.1, 0.15) is 5.56 Å². The maximum absolute atomic E-state index is 8.50.